The molecule has 1 atom stereocenters. The van der Waals surface area contributed by atoms with Crippen molar-refractivity contribution in [2.24, 2.45) is 0 Å². The van der Waals surface area contributed by atoms with Gasteiger partial charge in [0.25, 0.3) is 15.9 Å². The molecule has 0 aliphatic carbocycles. The summed E-state index contributed by atoms with van der Waals surface area (Å²) >= 11 is 2.35. The summed E-state index contributed by atoms with van der Waals surface area (Å²) in [7, 11) is -3.88. The molecule has 4 aromatic rings. The van der Waals surface area contributed by atoms with E-state index in [-0.39, 0.29) is 47.1 Å². The van der Waals surface area contributed by atoms with Crippen molar-refractivity contribution in [3.05, 3.63) is 70.8 Å². The van der Waals surface area contributed by atoms with Gasteiger partial charge in [0.2, 0.25) is 5.91 Å². The van der Waals surface area contributed by atoms with Crippen LogP contribution in [-0.4, -0.2) is 78.1 Å². The minimum Gasteiger partial charge on any atom is -0.619 e. The van der Waals surface area contributed by atoms with Crippen LogP contribution in [0.2, 0.25) is 0 Å². The molecule has 2 fully saturated rings. The Morgan fingerprint density at radius 3 is 2.57 bits per heavy atom. The van der Waals surface area contributed by atoms with Crippen molar-refractivity contribution in [1.29, 1.82) is 0 Å². The second-order valence-corrected chi connectivity index (χ2v) is 14.5. The van der Waals surface area contributed by atoms with Crippen molar-refractivity contribution < 1.29 is 22.7 Å². The number of likely N-dealkylation sites (tertiary alicyclic amines) is 1. The normalized spacial score (nSPS) is 17.9. The number of carbonyl (C=O) groups is 2. The number of benzene rings is 1. The molecule has 3 aromatic heterocycles. The van der Waals surface area contributed by atoms with Crippen molar-refractivity contribution >= 4 is 54.6 Å². The lowest BCUT2D eigenvalue weighted by Crippen LogP contribution is -2.57. The van der Waals surface area contributed by atoms with Crippen molar-refractivity contribution in [3.8, 4) is 22.8 Å². The van der Waals surface area contributed by atoms with Gasteiger partial charge in [-0.05, 0) is 36.4 Å². The maximum absolute atomic E-state index is 13.8. The van der Waals surface area contributed by atoms with E-state index in [2.05, 4.69) is 10.9 Å². The average Bonchev–Trinajstić information content (AvgIpc) is 3.78. The number of amides is 2. The number of rotatable bonds is 6. The lowest BCUT2D eigenvalue weighted by atomic mass is 10.1. The van der Waals surface area contributed by atoms with Crippen LogP contribution in [0.1, 0.15) is 34.6 Å². The molecular weight excluding hydrogens is 595 g/mol. The van der Waals surface area contributed by atoms with Gasteiger partial charge in [0, 0.05) is 73.3 Å². The van der Waals surface area contributed by atoms with E-state index in [9.17, 15) is 23.2 Å². The van der Waals surface area contributed by atoms with E-state index in [1.165, 1.54) is 28.0 Å². The first-order valence-electron chi connectivity index (χ1n) is 13.5. The first-order valence-corrected chi connectivity index (χ1v) is 16.5. The van der Waals surface area contributed by atoms with E-state index in [4.69, 9.17) is 6.42 Å². The summed E-state index contributed by atoms with van der Waals surface area (Å²) in [6, 6.07) is 9.67. The summed E-state index contributed by atoms with van der Waals surface area (Å²) in [4.78, 5) is 35.4. The standard InChI is InChI=1S/C29H27N5O5S3/c1-2-20-5-6-22-16-27(40-24(22)15-20)42(38,39)33-13-14-34(23(19-33)17-26(35)31-9-3-4-10-31)29(36)28-30-18-25(41-28)21-7-11-32(37)12-8-21/h1,5-8,11-12,15-16,18,23H,3-4,9-10,13-14,17,19H2. The van der Waals surface area contributed by atoms with E-state index in [0.717, 1.165) is 44.7 Å². The van der Waals surface area contributed by atoms with Gasteiger partial charge in [0.15, 0.2) is 17.4 Å². The molecule has 6 rings (SSSR count). The minimum atomic E-state index is -3.88. The van der Waals surface area contributed by atoms with E-state index >= 15 is 0 Å². The topological polar surface area (TPSA) is 118 Å². The lowest BCUT2D eigenvalue weighted by molar-refractivity contribution is -0.605. The van der Waals surface area contributed by atoms with Gasteiger partial charge in [-0.3, -0.25) is 9.59 Å². The van der Waals surface area contributed by atoms with Gasteiger partial charge in [-0.25, -0.2) is 13.4 Å². The number of carbonyl (C=O) groups excluding carboxylic acids is 2. The molecular formula is C29H27N5O5S3. The highest BCUT2D eigenvalue weighted by atomic mass is 32.2. The molecule has 2 aliphatic rings. The van der Waals surface area contributed by atoms with Gasteiger partial charge < -0.3 is 15.0 Å². The molecule has 13 heteroatoms. The number of sulfonamides is 1. The van der Waals surface area contributed by atoms with Gasteiger partial charge in [-0.1, -0.05) is 12.0 Å². The fraction of sp³-hybridized carbons (Fsp3) is 0.310. The van der Waals surface area contributed by atoms with Crippen LogP contribution in [0.25, 0.3) is 20.5 Å². The number of thiazole rings is 1. The quantitative estimate of drug-likeness (QED) is 0.186. The lowest BCUT2D eigenvalue weighted by Gasteiger charge is -2.40. The molecule has 1 aromatic carbocycles. The number of piperazine rings is 1. The molecule has 0 saturated carbocycles. The van der Waals surface area contributed by atoms with Crippen LogP contribution in [0.15, 0.2) is 59.2 Å². The first kappa shape index (κ1) is 28.3. The highest BCUT2D eigenvalue weighted by Crippen LogP contribution is 2.34. The zero-order valence-corrected chi connectivity index (χ0v) is 25.0. The number of terminal acetylenes is 1. The molecule has 2 saturated heterocycles. The Labute approximate surface area is 251 Å². The molecule has 5 heterocycles. The summed E-state index contributed by atoms with van der Waals surface area (Å²) in [6.45, 7) is 1.54. The summed E-state index contributed by atoms with van der Waals surface area (Å²) in [5.41, 5.74) is 1.43. The molecule has 10 nitrogen and oxygen atoms in total. The maximum atomic E-state index is 13.8. The Morgan fingerprint density at radius 1 is 1.07 bits per heavy atom. The maximum Gasteiger partial charge on any atom is 0.283 e. The Kier molecular flexibility index (Phi) is 7.71. The predicted octanol–water partition coefficient (Wildman–Crippen LogP) is 3.17. The second-order valence-electron chi connectivity index (χ2n) is 10.2. The summed E-state index contributed by atoms with van der Waals surface area (Å²) in [5, 5.41) is 12.4. The molecule has 2 aliphatic heterocycles. The van der Waals surface area contributed by atoms with Crippen LogP contribution in [0.3, 0.4) is 0 Å². The van der Waals surface area contributed by atoms with Crippen LogP contribution in [0.5, 0.6) is 0 Å². The monoisotopic (exact) mass is 621 g/mol. The highest BCUT2D eigenvalue weighted by Gasteiger charge is 2.39. The average molecular weight is 622 g/mol. The molecule has 216 valence electrons. The SMILES string of the molecule is C#Cc1ccc2cc(S(=O)(=O)N3CCN(C(=O)c4ncc(-c5cc[n+]([O-])cc5)s4)C(CC(=O)N4CCCC4)C3)sc2c1. The van der Waals surface area contributed by atoms with Crippen LogP contribution in [-0.2, 0) is 14.8 Å². The Balaban J connectivity index is 1.26. The smallest absolute Gasteiger partial charge is 0.283 e. The third-order valence-electron chi connectivity index (χ3n) is 7.61. The van der Waals surface area contributed by atoms with Crippen LogP contribution < -0.4 is 4.73 Å². The number of hydrogen-bond acceptors (Lipinski definition) is 8. The van der Waals surface area contributed by atoms with Crippen molar-refractivity contribution in [3.63, 3.8) is 0 Å². The zero-order valence-electron chi connectivity index (χ0n) is 22.5. The Morgan fingerprint density at radius 2 is 1.83 bits per heavy atom. The van der Waals surface area contributed by atoms with Gasteiger partial charge in [-0.15, -0.1) is 29.1 Å². The van der Waals surface area contributed by atoms with E-state index in [0.29, 0.717) is 23.4 Å². The van der Waals surface area contributed by atoms with Crippen LogP contribution in [0, 0.1) is 17.6 Å². The van der Waals surface area contributed by atoms with Gasteiger partial charge in [0.1, 0.15) is 4.21 Å². The molecule has 0 spiro atoms. The predicted molar refractivity (Wildman–Crippen MR) is 160 cm³/mol. The van der Waals surface area contributed by atoms with E-state index < -0.39 is 16.1 Å². The third-order valence-corrected chi connectivity index (χ3v) is 12.1. The highest BCUT2D eigenvalue weighted by molar-refractivity contribution is 7.91. The molecule has 0 bridgehead atoms. The fourth-order valence-corrected chi connectivity index (χ4v) is 9.28. The zero-order chi connectivity index (χ0) is 29.4. The summed E-state index contributed by atoms with van der Waals surface area (Å²) < 4.78 is 30.6. The number of fused-ring (bicyclic) bond motifs is 1. The van der Waals surface area contributed by atoms with E-state index in [1.54, 1.807) is 46.3 Å². The first-order chi connectivity index (χ1) is 20.2. The third kappa shape index (κ3) is 5.50. The molecule has 0 radical (unpaired) electrons. The largest absolute Gasteiger partial charge is 0.619 e. The Bertz CT molecular complexity index is 1800. The molecule has 1 unspecified atom stereocenters. The van der Waals surface area contributed by atoms with Crippen molar-refractivity contribution in [2.75, 3.05) is 32.7 Å². The fourth-order valence-electron chi connectivity index (χ4n) is 5.34. The molecule has 42 heavy (non-hydrogen) atoms. The van der Waals surface area contributed by atoms with E-state index in [1.807, 2.05) is 6.07 Å². The minimum absolute atomic E-state index is 0.00206. The molecule has 0 N–H and O–H groups in total. The second kappa shape index (κ2) is 11.4. The molecule has 2 amide bonds. The summed E-state index contributed by atoms with van der Waals surface area (Å²) in [5.74, 6) is 2.14. The van der Waals surface area contributed by atoms with Crippen molar-refractivity contribution in [1.82, 2.24) is 19.1 Å². The number of pyridine rings is 1. The van der Waals surface area contributed by atoms with Crippen LogP contribution in [0.4, 0.5) is 0 Å². The number of nitrogens with zero attached hydrogens (tertiary/aromatic N) is 5. The van der Waals surface area contributed by atoms with Crippen LogP contribution >= 0.6 is 22.7 Å². The summed E-state index contributed by atoms with van der Waals surface area (Å²) in [6.07, 6.45) is 11.7. The van der Waals surface area contributed by atoms with Crippen molar-refractivity contribution in [2.45, 2.75) is 29.5 Å². The van der Waals surface area contributed by atoms with Gasteiger partial charge in [-0.2, -0.15) is 9.04 Å². The Hall–Kier alpha value is -3.83. The van der Waals surface area contributed by atoms with Gasteiger partial charge >= 0.3 is 0 Å². The number of aromatic nitrogens is 2. The van der Waals surface area contributed by atoms with Gasteiger partial charge in [0.05, 0.1) is 10.9 Å². The number of hydrogen-bond donors (Lipinski definition) is 0. The number of thiophene rings is 1.